The Kier molecular flexibility index (Phi) is 6.23. The molecule has 0 spiro atoms. The maximum atomic E-state index is 12.1. The topological polar surface area (TPSA) is 90.1 Å². The molecule has 1 amide bonds. The number of carbonyl (C=O) groups excluding carboxylic acids is 2. The average molecular weight is 443 g/mol. The third-order valence-electron chi connectivity index (χ3n) is 3.58. The molecule has 8 heteroatoms. The van der Waals surface area contributed by atoms with Crippen molar-refractivity contribution in [2.24, 2.45) is 5.10 Å². The molecule has 0 aliphatic heterocycles. The Hall–Kier alpha value is -3.39. The number of furan rings is 1. The first-order chi connectivity index (χ1) is 13.6. The van der Waals surface area contributed by atoms with Crippen molar-refractivity contribution < 1.29 is 23.5 Å². The number of esters is 1. The van der Waals surface area contributed by atoms with E-state index >= 15 is 0 Å². The van der Waals surface area contributed by atoms with E-state index in [1.165, 1.54) is 25.7 Å². The van der Waals surface area contributed by atoms with Crippen LogP contribution in [0.5, 0.6) is 11.5 Å². The lowest BCUT2D eigenvalue weighted by atomic mass is 10.2. The molecule has 1 N–H and O–H groups in total. The molecule has 2 aromatic carbocycles. The van der Waals surface area contributed by atoms with E-state index in [2.05, 4.69) is 26.5 Å². The SMILES string of the molecule is COc1cc(C=NNC(=O)c2cccc(Br)c2)ccc1OC(=O)c1ccco1. The average Bonchev–Trinajstić information content (AvgIpc) is 3.24. The highest BCUT2D eigenvalue weighted by atomic mass is 79.9. The molecule has 0 fully saturated rings. The zero-order chi connectivity index (χ0) is 19.9. The van der Waals surface area contributed by atoms with Crippen molar-refractivity contribution in [2.45, 2.75) is 0 Å². The fourth-order valence-corrected chi connectivity index (χ4v) is 2.65. The number of amides is 1. The van der Waals surface area contributed by atoms with E-state index in [0.29, 0.717) is 16.9 Å². The van der Waals surface area contributed by atoms with Crippen LogP contribution in [0.15, 0.2) is 74.9 Å². The molecule has 7 nitrogen and oxygen atoms in total. The van der Waals surface area contributed by atoms with E-state index in [0.717, 1.165) is 4.47 Å². The Balaban J connectivity index is 1.67. The molecule has 0 bridgehead atoms. The van der Waals surface area contributed by atoms with Crippen LogP contribution in [-0.4, -0.2) is 25.2 Å². The summed E-state index contributed by atoms with van der Waals surface area (Å²) in [6.45, 7) is 0. The summed E-state index contributed by atoms with van der Waals surface area (Å²) in [6, 6.07) is 14.9. The molecule has 3 rings (SSSR count). The smallest absolute Gasteiger partial charge is 0.379 e. The van der Waals surface area contributed by atoms with Crippen LogP contribution < -0.4 is 14.9 Å². The van der Waals surface area contributed by atoms with Crippen LogP contribution in [0.4, 0.5) is 0 Å². The molecule has 28 heavy (non-hydrogen) atoms. The number of hydrazone groups is 1. The highest BCUT2D eigenvalue weighted by Crippen LogP contribution is 2.28. The van der Waals surface area contributed by atoms with Crippen molar-refractivity contribution >= 4 is 34.0 Å². The Morgan fingerprint density at radius 2 is 1.96 bits per heavy atom. The van der Waals surface area contributed by atoms with Crippen LogP contribution in [-0.2, 0) is 0 Å². The van der Waals surface area contributed by atoms with Gasteiger partial charge in [0.15, 0.2) is 11.5 Å². The van der Waals surface area contributed by atoms with E-state index in [-0.39, 0.29) is 17.4 Å². The number of halogens is 1. The fourth-order valence-electron chi connectivity index (χ4n) is 2.25. The first-order valence-corrected chi connectivity index (χ1v) is 8.89. The minimum absolute atomic E-state index is 0.0861. The molecular weight excluding hydrogens is 428 g/mol. The first kappa shape index (κ1) is 19.4. The second kappa shape index (κ2) is 9.01. The van der Waals surface area contributed by atoms with Crippen molar-refractivity contribution in [2.75, 3.05) is 7.11 Å². The predicted octanol–water partition coefficient (Wildman–Crippen LogP) is 4.03. The minimum atomic E-state index is -0.633. The lowest BCUT2D eigenvalue weighted by Crippen LogP contribution is -2.17. The largest absolute Gasteiger partial charge is 0.493 e. The second-order valence-corrected chi connectivity index (χ2v) is 6.40. The van der Waals surface area contributed by atoms with Gasteiger partial charge in [0, 0.05) is 10.0 Å². The molecule has 1 heterocycles. The van der Waals surface area contributed by atoms with Gasteiger partial charge < -0.3 is 13.9 Å². The van der Waals surface area contributed by atoms with E-state index < -0.39 is 5.97 Å². The molecule has 0 saturated heterocycles. The van der Waals surface area contributed by atoms with Gasteiger partial charge in [-0.25, -0.2) is 10.2 Å². The molecule has 0 unspecified atom stereocenters. The maximum absolute atomic E-state index is 12.1. The minimum Gasteiger partial charge on any atom is -0.493 e. The summed E-state index contributed by atoms with van der Waals surface area (Å²) in [4.78, 5) is 24.0. The van der Waals surface area contributed by atoms with Gasteiger partial charge in [-0.05, 0) is 54.1 Å². The second-order valence-electron chi connectivity index (χ2n) is 5.49. The highest BCUT2D eigenvalue weighted by Gasteiger charge is 2.14. The summed E-state index contributed by atoms with van der Waals surface area (Å²) in [5.74, 6) is -0.316. The summed E-state index contributed by atoms with van der Waals surface area (Å²) in [5.41, 5.74) is 3.57. The van der Waals surface area contributed by atoms with Gasteiger partial charge in [0.1, 0.15) is 0 Å². The van der Waals surface area contributed by atoms with Crippen LogP contribution in [0.3, 0.4) is 0 Å². The Morgan fingerprint density at radius 3 is 2.68 bits per heavy atom. The van der Waals surface area contributed by atoms with Crippen molar-refractivity contribution in [3.63, 3.8) is 0 Å². The third kappa shape index (κ3) is 4.86. The monoisotopic (exact) mass is 442 g/mol. The zero-order valence-corrected chi connectivity index (χ0v) is 16.3. The summed E-state index contributed by atoms with van der Waals surface area (Å²) >= 11 is 3.31. The number of hydrogen-bond donors (Lipinski definition) is 1. The van der Waals surface area contributed by atoms with Crippen molar-refractivity contribution in [3.05, 3.63) is 82.2 Å². The fraction of sp³-hybridized carbons (Fsp3) is 0.0500. The Bertz CT molecular complexity index is 1020. The molecular formula is C20H15BrN2O5. The first-order valence-electron chi connectivity index (χ1n) is 8.09. The Labute approximate surface area is 169 Å². The maximum Gasteiger partial charge on any atom is 0.379 e. The van der Waals surface area contributed by atoms with Crippen LogP contribution in [0.25, 0.3) is 0 Å². The van der Waals surface area contributed by atoms with E-state index in [1.54, 1.807) is 42.5 Å². The number of methoxy groups -OCH3 is 1. The quantitative estimate of drug-likeness (QED) is 0.269. The number of ether oxygens (including phenoxy) is 2. The van der Waals surface area contributed by atoms with Crippen molar-refractivity contribution in [1.82, 2.24) is 5.43 Å². The van der Waals surface area contributed by atoms with E-state index in [9.17, 15) is 9.59 Å². The van der Waals surface area contributed by atoms with E-state index in [1.807, 2.05) is 6.07 Å². The van der Waals surface area contributed by atoms with Crippen LogP contribution in [0.1, 0.15) is 26.5 Å². The number of carbonyl (C=O) groups is 2. The van der Waals surface area contributed by atoms with Gasteiger partial charge in [0.25, 0.3) is 5.91 Å². The molecule has 0 atom stereocenters. The van der Waals surface area contributed by atoms with Gasteiger partial charge in [0.05, 0.1) is 19.6 Å². The van der Waals surface area contributed by atoms with E-state index in [4.69, 9.17) is 13.9 Å². The van der Waals surface area contributed by atoms with Gasteiger partial charge in [-0.2, -0.15) is 5.10 Å². The third-order valence-corrected chi connectivity index (χ3v) is 4.07. The number of hydrogen-bond acceptors (Lipinski definition) is 6. The van der Waals surface area contributed by atoms with Gasteiger partial charge in [0.2, 0.25) is 5.76 Å². The van der Waals surface area contributed by atoms with Gasteiger partial charge in [-0.1, -0.05) is 22.0 Å². The lowest BCUT2D eigenvalue weighted by Gasteiger charge is -2.09. The van der Waals surface area contributed by atoms with Crippen molar-refractivity contribution in [3.8, 4) is 11.5 Å². The highest BCUT2D eigenvalue weighted by molar-refractivity contribution is 9.10. The zero-order valence-electron chi connectivity index (χ0n) is 14.7. The van der Waals surface area contributed by atoms with Gasteiger partial charge in [-0.15, -0.1) is 0 Å². The molecule has 0 radical (unpaired) electrons. The summed E-state index contributed by atoms with van der Waals surface area (Å²) in [6.07, 6.45) is 2.84. The summed E-state index contributed by atoms with van der Waals surface area (Å²) < 4.78 is 16.3. The Morgan fingerprint density at radius 1 is 1.11 bits per heavy atom. The normalized spacial score (nSPS) is 10.6. The van der Waals surface area contributed by atoms with Crippen LogP contribution >= 0.6 is 15.9 Å². The molecule has 3 aromatic rings. The number of nitrogens with one attached hydrogen (secondary N) is 1. The molecule has 142 valence electrons. The molecule has 0 aliphatic carbocycles. The standard InChI is InChI=1S/C20H15BrN2O5/c1-26-18-10-13(7-8-16(18)28-20(25)17-6-3-9-27-17)12-22-23-19(24)14-4-2-5-15(21)11-14/h2-12H,1H3,(H,23,24). The number of benzene rings is 2. The molecule has 0 aliphatic rings. The molecule has 0 saturated carbocycles. The van der Waals surface area contributed by atoms with Crippen LogP contribution in [0, 0.1) is 0 Å². The van der Waals surface area contributed by atoms with Gasteiger partial charge in [-0.3, -0.25) is 4.79 Å². The summed E-state index contributed by atoms with van der Waals surface area (Å²) in [7, 11) is 1.45. The van der Waals surface area contributed by atoms with Crippen LogP contribution in [0.2, 0.25) is 0 Å². The summed E-state index contributed by atoms with van der Waals surface area (Å²) in [5, 5.41) is 3.94. The van der Waals surface area contributed by atoms with Crippen molar-refractivity contribution in [1.29, 1.82) is 0 Å². The predicted molar refractivity (Wildman–Crippen MR) is 106 cm³/mol. The molecule has 1 aromatic heterocycles. The van der Waals surface area contributed by atoms with Gasteiger partial charge >= 0.3 is 5.97 Å². The number of nitrogens with zero attached hydrogens (tertiary/aromatic N) is 1. The lowest BCUT2D eigenvalue weighted by molar-refractivity contribution is 0.0696. The number of rotatable bonds is 6.